The van der Waals surface area contributed by atoms with Gasteiger partial charge >= 0.3 is 0 Å². The van der Waals surface area contributed by atoms with Crippen LogP contribution in [-0.4, -0.2) is 16.2 Å². The van der Waals surface area contributed by atoms with Crippen molar-refractivity contribution >= 4 is 34.2 Å². The van der Waals surface area contributed by atoms with Crippen LogP contribution in [0.4, 0.5) is 0 Å². The highest BCUT2D eigenvalue weighted by Gasteiger charge is 2.14. The zero-order valence-corrected chi connectivity index (χ0v) is 15.4. The number of hydrogen-bond donors (Lipinski definition) is 0. The standard InChI is InChI=1S/C21H16Cl2N2O/c22-15-9-11-16(12-10-15)26-14-13-25-20-8-4-3-7-19(20)24-21(25)17-5-1-2-6-18(17)23/h1-12H,13-14H2. The van der Waals surface area contributed by atoms with Crippen LogP contribution in [0.1, 0.15) is 0 Å². The molecule has 5 heteroatoms. The van der Waals surface area contributed by atoms with Gasteiger partial charge in [-0.15, -0.1) is 0 Å². The molecular formula is C21H16Cl2N2O. The van der Waals surface area contributed by atoms with E-state index >= 15 is 0 Å². The molecule has 130 valence electrons. The average molecular weight is 383 g/mol. The summed E-state index contributed by atoms with van der Waals surface area (Å²) in [4.78, 5) is 4.79. The Morgan fingerprint density at radius 3 is 2.38 bits per heavy atom. The molecule has 1 heterocycles. The van der Waals surface area contributed by atoms with Gasteiger partial charge in [0.15, 0.2) is 0 Å². The lowest BCUT2D eigenvalue weighted by Crippen LogP contribution is -2.09. The molecule has 0 bridgehead atoms. The molecule has 3 aromatic carbocycles. The maximum absolute atomic E-state index is 6.41. The minimum atomic E-state index is 0.513. The van der Waals surface area contributed by atoms with Crippen LogP contribution in [-0.2, 0) is 6.54 Å². The van der Waals surface area contributed by atoms with Crippen molar-refractivity contribution in [3.8, 4) is 17.1 Å². The van der Waals surface area contributed by atoms with Gasteiger partial charge in [-0.3, -0.25) is 0 Å². The molecule has 0 amide bonds. The smallest absolute Gasteiger partial charge is 0.142 e. The zero-order chi connectivity index (χ0) is 17.9. The zero-order valence-electron chi connectivity index (χ0n) is 13.9. The molecule has 0 spiro atoms. The van der Waals surface area contributed by atoms with Crippen molar-refractivity contribution in [2.24, 2.45) is 0 Å². The Morgan fingerprint density at radius 2 is 1.58 bits per heavy atom. The number of aromatic nitrogens is 2. The minimum Gasteiger partial charge on any atom is -0.492 e. The van der Waals surface area contributed by atoms with Crippen LogP contribution in [0, 0.1) is 0 Å². The van der Waals surface area contributed by atoms with Crippen molar-refractivity contribution in [3.05, 3.63) is 82.8 Å². The van der Waals surface area contributed by atoms with E-state index < -0.39 is 0 Å². The van der Waals surface area contributed by atoms with Gasteiger partial charge in [-0.05, 0) is 48.5 Å². The Morgan fingerprint density at radius 1 is 0.846 bits per heavy atom. The summed E-state index contributed by atoms with van der Waals surface area (Å²) in [5.74, 6) is 1.63. The molecular weight excluding hydrogens is 367 g/mol. The fourth-order valence-corrected chi connectivity index (χ4v) is 3.28. The first-order valence-corrected chi connectivity index (χ1v) is 9.06. The Labute approximate surface area is 161 Å². The van der Waals surface area contributed by atoms with E-state index in [1.54, 1.807) is 0 Å². The predicted molar refractivity (Wildman–Crippen MR) is 107 cm³/mol. The van der Waals surface area contributed by atoms with Crippen molar-refractivity contribution < 1.29 is 4.74 Å². The minimum absolute atomic E-state index is 0.513. The Bertz CT molecular complexity index is 1040. The van der Waals surface area contributed by atoms with Gasteiger partial charge in [0, 0.05) is 10.6 Å². The van der Waals surface area contributed by atoms with E-state index in [4.69, 9.17) is 32.9 Å². The molecule has 0 atom stereocenters. The van der Waals surface area contributed by atoms with E-state index in [9.17, 15) is 0 Å². The number of para-hydroxylation sites is 2. The summed E-state index contributed by atoms with van der Waals surface area (Å²) in [5, 5.41) is 1.38. The maximum atomic E-state index is 6.41. The third kappa shape index (κ3) is 3.41. The van der Waals surface area contributed by atoms with Gasteiger partial charge < -0.3 is 9.30 Å². The first-order valence-electron chi connectivity index (χ1n) is 8.31. The maximum Gasteiger partial charge on any atom is 0.142 e. The van der Waals surface area contributed by atoms with Crippen LogP contribution in [0.3, 0.4) is 0 Å². The first kappa shape index (κ1) is 17.0. The monoisotopic (exact) mass is 382 g/mol. The lowest BCUT2D eigenvalue weighted by atomic mass is 10.2. The molecule has 1 aromatic heterocycles. The van der Waals surface area contributed by atoms with Gasteiger partial charge in [-0.1, -0.05) is 47.5 Å². The molecule has 3 nitrogen and oxygen atoms in total. The van der Waals surface area contributed by atoms with Gasteiger partial charge in [0.05, 0.1) is 22.6 Å². The van der Waals surface area contributed by atoms with Crippen LogP contribution < -0.4 is 4.74 Å². The average Bonchev–Trinajstić information content (AvgIpc) is 3.02. The molecule has 0 aliphatic rings. The summed E-state index contributed by atoms with van der Waals surface area (Å²) in [7, 11) is 0. The highest BCUT2D eigenvalue weighted by molar-refractivity contribution is 6.33. The Balaban J connectivity index is 1.65. The van der Waals surface area contributed by atoms with Crippen molar-refractivity contribution in [2.75, 3.05) is 6.61 Å². The van der Waals surface area contributed by atoms with Crippen molar-refractivity contribution in [1.82, 2.24) is 9.55 Å². The molecule has 0 N–H and O–H groups in total. The number of halogens is 2. The van der Waals surface area contributed by atoms with E-state index in [0.29, 0.717) is 23.2 Å². The highest BCUT2D eigenvalue weighted by Crippen LogP contribution is 2.30. The Kier molecular flexibility index (Phi) is 4.83. The van der Waals surface area contributed by atoms with Gasteiger partial charge in [0.2, 0.25) is 0 Å². The van der Waals surface area contributed by atoms with Crippen LogP contribution in [0.15, 0.2) is 72.8 Å². The number of ether oxygens (including phenoxy) is 1. The van der Waals surface area contributed by atoms with Crippen LogP contribution in [0.2, 0.25) is 10.0 Å². The Hall–Kier alpha value is -2.49. The van der Waals surface area contributed by atoms with Crippen molar-refractivity contribution in [3.63, 3.8) is 0 Å². The molecule has 0 aliphatic carbocycles. The van der Waals surface area contributed by atoms with Gasteiger partial charge in [0.25, 0.3) is 0 Å². The molecule has 0 aliphatic heterocycles. The summed E-state index contributed by atoms with van der Waals surface area (Å²) >= 11 is 12.3. The highest BCUT2D eigenvalue weighted by atomic mass is 35.5. The van der Waals surface area contributed by atoms with Gasteiger partial charge in [-0.25, -0.2) is 4.98 Å². The molecule has 0 fully saturated rings. The molecule has 4 rings (SSSR count). The quantitative estimate of drug-likeness (QED) is 0.417. The van der Waals surface area contributed by atoms with Crippen LogP contribution in [0.5, 0.6) is 5.75 Å². The third-order valence-corrected chi connectivity index (χ3v) is 4.75. The van der Waals surface area contributed by atoms with E-state index in [1.165, 1.54) is 0 Å². The third-order valence-electron chi connectivity index (χ3n) is 4.17. The van der Waals surface area contributed by atoms with E-state index in [-0.39, 0.29) is 0 Å². The fourth-order valence-electron chi connectivity index (χ4n) is 2.94. The van der Waals surface area contributed by atoms with Crippen molar-refractivity contribution in [1.29, 1.82) is 0 Å². The lowest BCUT2D eigenvalue weighted by Gasteiger charge is -2.12. The molecule has 26 heavy (non-hydrogen) atoms. The number of hydrogen-bond acceptors (Lipinski definition) is 2. The number of imidazole rings is 1. The predicted octanol–water partition coefficient (Wildman–Crippen LogP) is 6.09. The van der Waals surface area contributed by atoms with Crippen LogP contribution >= 0.6 is 23.2 Å². The number of nitrogens with zero attached hydrogens (tertiary/aromatic N) is 2. The fraction of sp³-hybridized carbons (Fsp3) is 0.0952. The van der Waals surface area contributed by atoms with E-state index in [0.717, 1.165) is 28.2 Å². The molecule has 0 radical (unpaired) electrons. The number of fused-ring (bicyclic) bond motifs is 1. The summed E-state index contributed by atoms with van der Waals surface area (Å²) < 4.78 is 8.01. The first-order chi connectivity index (χ1) is 12.7. The summed E-state index contributed by atoms with van der Waals surface area (Å²) in [6.07, 6.45) is 0. The normalized spacial score (nSPS) is 11.0. The van der Waals surface area contributed by atoms with Crippen LogP contribution in [0.25, 0.3) is 22.4 Å². The van der Waals surface area contributed by atoms with E-state index in [1.807, 2.05) is 66.7 Å². The second-order valence-electron chi connectivity index (χ2n) is 5.86. The van der Waals surface area contributed by atoms with Gasteiger partial charge in [0.1, 0.15) is 18.2 Å². The molecule has 0 saturated carbocycles. The lowest BCUT2D eigenvalue weighted by molar-refractivity contribution is 0.301. The molecule has 0 saturated heterocycles. The summed E-state index contributed by atoms with van der Waals surface area (Å²) in [6.45, 7) is 1.17. The largest absolute Gasteiger partial charge is 0.492 e. The van der Waals surface area contributed by atoms with Gasteiger partial charge in [-0.2, -0.15) is 0 Å². The van der Waals surface area contributed by atoms with E-state index in [2.05, 4.69) is 10.6 Å². The summed E-state index contributed by atoms with van der Waals surface area (Å²) in [6, 6.07) is 23.2. The molecule has 4 aromatic rings. The second-order valence-corrected chi connectivity index (χ2v) is 6.70. The SMILES string of the molecule is Clc1ccc(OCCn2c(-c3ccccc3Cl)nc3ccccc32)cc1. The number of rotatable bonds is 5. The topological polar surface area (TPSA) is 27.1 Å². The molecule has 0 unspecified atom stereocenters. The summed E-state index contributed by atoms with van der Waals surface area (Å²) in [5.41, 5.74) is 2.91. The van der Waals surface area contributed by atoms with Crippen molar-refractivity contribution in [2.45, 2.75) is 6.54 Å². The number of benzene rings is 3. The second kappa shape index (κ2) is 7.40.